The first kappa shape index (κ1) is 14.8. The third kappa shape index (κ3) is 2.62. The third-order valence-electron chi connectivity index (χ3n) is 2.69. The first-order valence-electron chi connectivity index (χ1n) is 5.47. The maximum Gasteiger partial charge on any atom is 0.343 e. The number of carbonyl (C=O) groups is 1. The van der Waals surface area contributed by atoms with Crippen molar-refractivity contribution >= 4 is 29.2 Å². The highest BCUT2D eigenvalue weighted by molar-refractivity contribution is 6.43. The van der Waals surface area contributed by atoms with Crippen LogP contribution in [0.15, 0.2) is 30.3 Å². The van der Waals surface area contributed by atoms with Gasteiger partial charge in [-0.1, -0.05) is 35.3 Å². The molecule has 104 valence electrons. The summed E-state index contributed by atoms with van der Waals surface area (Å²) >= 11 is 11.8. The number of hydrogen-bond donors (Lipinski definition) is 0. The van der Waals surface area contributed by atoms with E-state index in [0.717, 1.165) is 19.2 Å². The summed E-state index contributed by atoms with van der Waals surface area (Å²) in [5.74, 6) is -3.13. The molecule has 6 heteroatoms. The smallest absolute Gasteiger partial charge is 0.343 e. The molecule has 0 unspecified atom stereocenters. The van der Waals surface area contributed by atoms with E-state index in [1.54, 1.807) is 18.2 Å². The molecule has 0 aliphatic rings. The lowest BCUT2D eigenvalue weighted by atomic mass is 10.0. The fourth-order valence-corrected chi connectivity index (χ4v) is 2.16. The molecular formula is C14H8Cl2F2O2. The highest BCUT2D eigenvalue weighted by atomic mass is 35.5. The van der Waals surface area contributed by atoms with Gasteiger partial charge in [-0.2, -0.15) is 0 Å². The standard InChI is InChI=1S/C14H8Cl2F2O2/c1-20-14(19)12-10(17)5-7(6-11(12)18)8-3-2-4-9(15)13(8)16/h2-6H,1H3. The first-order chi connectivity index (χ1) is 9.45. The van der Waals surface area contributed by atoms with Crippen molar-refractivity contribution in [1.82, 2.24) is 0 Å². The van der Waals surface area contributed by atoms with E-state index in [2.05, 4.69) is 4.74 Å². The van der Waals surface area contributed by atoms with Gasteiger partial charge in [0.25, 0.3) is 0 Å². The van der Waals surface area contributed by atoms with Gasteiger partial charge < -0.3 is 4.74 Å². The van der Waals surface area contributed by atoms with Gasteiger partial charge in [-0.3, -0.25) is 0 Å². The molecule has 0 aromatic heterocycles. The van der Waals surface area contributed by atoms with E-state index in [1.165, 1.54) is 0 Å². The summed E-state index contributed by atoms with van der Waals surface area (Å²) in [6.07, 6.45) is 0. The summed E-state index contributed by atoms with van der Waals surface area (Å²) in [5, 5.41) is 0.445. The molecule has 0 aliphatic heterocycles. The molecule has 0 N–H and O–H groups in total. The van der Waals surface area contributed by atoms with Crippen molar-refractivity contribution in [3.8, 4) is 11.1 Å². The van der Waals surface area contributed by atoms with E-state index in [9.17, 15) is 13.6 Å². The topological polar surface area (TPSA) is 26.3 Å². The van der Waals surface area contributed by atoms with E-state index in [1.807, 2.05) is 0 Å². The van der Waals surface area contributed by atoms with Crippen LogP contribution < -0.4 is 0 Å². The summed E-state index contributed by atoms with van der Waals surface area (Å²) in [6.45, 7) is 0. The number of benzene rings is 2. The molecule has 0 heterocycles. The summed E-state index contributed by atoms with van der Waals surface area (Å²) in [5.41, 5.74) is -0.192. The van der Waals surface area contributed by atoms with Gasteiger partial charge in [-0.15, -0.1) is 0 Å². The van der Waals surface area contributed by atoms with Crippen molar-refractivity contribution in [1.29, 1.82) is 0 Å². The Labute approximate surface area is 123 Å². The minimum absolute atomic E-state index is 0.179. The fraction of sp³-hybridized carbons (Fsp3) is 0.0714. The molecule has 2 aromatic carbocycles. The normalized spacial score (nSPS) is 10.4. The van der Waals surface area contributed by atoms with Crippen molar-refractivity contribution in [2.45, 2.75) is 0 Å². The molecule has 0 saturated heterocycles. The van der Waals surface area contributed by atoms with Crippen molar-refractivity contribution in [3.63, 3.8) is 0 Å². The minimum atomic E-state index is -1.08. The monoisotopic (exact) mass is 316 g/mol. The molecule has 0 radical (unpaired) electrons. The minimum Gasteiger partial charge on any atom is -0.465 e. The first-order valence-corrected chi connectivity index (χ1v) is 6.23. The van der Waals surface area contributed by atoms with Crippen LogP contribution in [0.2, 0.25) is 10.0 Å². The Morgan fingerprint density at radius 3 is 2.30 bits per heavy atom. The quantitative estimate of drug-likeness (QED) is 0.749. The summed E-state index contributed by atoms with van der Waals surface area (Å²) in [7, 11) is 1.04. The summed E-state index contributed by atoms with van der Waals surface area (Å²) in [6, 6.07) is 6.75. The molecule has 20 heavy (non-hydrogen) atoms. The Balaban J connectivity index is 2.61. The molecule has 2 aromatic rings. The zero-order valence-electron chi connectivity index (χ0n) is 10.2. The number of hydrogen-bond acceptors (Lipinski definition) is 2. The van der Waals surface area contributed by atoms with E-state index in [4.69, 9.17) is 23.2 Å². The summed E-state index contributed by atoms with van der Waals surface area (Å²) < 4.78 is 32.0. The van der Waals surface area contributed by atoms with Crippen molar-refractivity contribution in [2.75, 3.05) is 7.11 Å². The molecule has 0 bridgehead atoms. The van der Waals surface area contributed by atoms with Crippen LogP contribution >= 0.6 is 23.2 Å². The van der Waals surface area contributed by atoms with Crippen LogP contribution in [0.4, 0.5) is 8.78 Å². The second kappa shape index (κ2) is 5.77. The van der Waals surface area contributed by atoms with Crippen LogP contribution in [0.25, 0.3) is 11.1 Å². The Hall–Kier alpha value is -1.65. The van der Waals surface area contributed by atoms with Crippen LogP contribution in [0.5, 0.6) is 0 Å². The van der Waals surface area contributed by atoms with Gasteiger partial charge >= 0.3 is 5.97 Å². The van der Waals surface area contributed by atoms with E-state index >= 15 is 0 Å². The average Bonchev–Trinajstić information content (AvgIpc) is 2.40. The van der Waals surface area contributed by atoms with Gasteiger partial charge in [-0.05, 0) is 23.8 Å². The predicted octanol–water partition coefficient (Wildman–Crippen LogP) is 4.73. The van der Waals surface area contributed by atoms with E-state index < -0.39 is 23.2 Å². The lowest BCUT2D eigenvalue weighted by Gasteiger charge is -2.09. The van der Waals surface area contributed by atoms with Crippen LogP contribution in [-0.2, 0) is 4.74 Å². The van der Waals surface area contributed by atoms with Crippen molar-refractivity contribution < 1.29 is 18.3 Å². The number of esters is 1. The number of methoxy groups -OCH3 is 1. The molecule has 0 spiro atoms. The van der Waals surface area contributed by atoms with Gasteiger partial charge in [0.2, 0.25) is 0 Å². The molecular weight excluding hydrogens is 309 g/mol. The van der Waals surface area contributed by atoms with Gasteiger partial charge in [0, 0.05) is 5.56 Å². The summed E-state index contributed by atoms with van der Waals surface area (Å²) in [4.78, 5) is 11.3. The molecule has 2 rings (SSSR count). The van der Waals surface area contributed by atoms with Crippen LogP contribution in [0, 0.1) is 11.6 Å². The van der Waals surface area contributed by atoms with E-state index in [0.29, 0.717) is 5.56 Å². The predicted molar refractivity (Wildman–Crippen MR) is 73.2 cm³/mol. The zero-order valence-corrected chi connectivity index (χ0v) is 11.7. The van der Waals surface area contributed by atoms with Gasteiger partial charge in [0.1, 0.15) is 17.2 Å². The number of ether oxygens (including phenoxy) is 1. The molecule has 0 amide bonds. The molecule has 0 saturated carbocycles. The SMILES string of the molecule is COC(=O)c1c(F)cc(-c2cccc(Cl)c2Cl)cc1F. The Morgan fingerprint density at radius 2 is 1.75 bits per heavy atom. The molecule has 2 nitrogen and oxygen atoms in total. The second-order valence-corrected chi connectivity index (χ2v) is 4.69. The number of rotatable bonds is 2. The third-order valence-corrected chi connectivity index (χ3v) is 3.51. The molecule has 0 atom stereocenters. The maximum absolute atomic E-state index is 13.8. The molecule has 0 fully saturated rings. The second-order valence-electron chi connectivity index (χ2n) is 3.91. The van der Waals surface area contributed by atoms with Crippen molar-refractivity contribution in [3.05, 3.63) is 57.6 Å². The lowest BCUT2D eigenvalue weighted by Crippen LogP contribution is -2.08. The van der Waals surface area contributed by atoms with Crippen LogP contribution in [-0.4, -0.2) is 13.1 Å². The Kier molecular flexibility index (Phi) is 4.26. The highest BCUT2D eigenvalue weighted by Crippen LogP contribution is 2.34. The number of carbonyl (C=O) groups excluding carboxylic acids is 1. The largest absolute Gasteiger partial charge is 0.465 e. The lowest BCUT2D eigenvalue weighted by molar-refractivity contribution is 0.0590. The average molecular weight is 317 g/mol. The fourth-order valence-electron chi connectivity index (χ4n) is 1.75. The Morgan fingerprint density at radius 1 is 1.15 bits per heavy atom. The van der Waals surface area contributed by atoms with Crippen LogP contribution in [0.3, 0.4) is 0 Å². The Bertz CT molecular complexity index is 664. The van der Waals surface area contributed by atoms with Crippen LogP contribution in [0.1, 0.15) is 10.4 Å². The van der Waals surface area contributed by atoms with Gasteiger partial charge in [-0.25, -0.2) is 13.6 Å². The highest BCUT2D eigenvalue weighted by Gasteiger charge is 2.20. The molecule has 0 aliphatic carbocycles. The van der Waals surface area contributed by atoms with Gasteiger partial charge in [0.05, 0.1) is 17.2 Å². The maximum atomic E-state index is 13.8. The number of halogens is 4. The van der Waals surface area contributed by atoms with Gasteiger partial charge in [0.15, 0.2) is 0 Å². The van der Waals surface area contributed by atoms with Crippen molar-refractivity contribution in [2.24, 2.45) is 0 Å². The van der Waals surface area contributed by atoms with E-state index in [-0.39, 0.29) is 15.6 Å². The zero-order chi connectivity index (χ0) is 14.9.